The van der Waals surface area contributed by atoms with Crippen molar-refractivity contribution in [2.24, 2.45) is 40.9 Å². The minimum atomic E-state index is -5.59. The van der Waals surface area contributed by atoms with Gasteiger partial charge in [-0.1, -0.05) is 20.3 Å². The highest BCUT2D eigenvalue weighted by Gasteiger charge is 2.57. The van der Waals surface area contributed by atoms with E-state index in [4.69, 9.17) is 0 Å². The van der Waals surface area contributed by atoms with Crippen molar-refractivity contribution in [3.05, 3.63) is 11.8 Å². The van der Waals surface area contributed by atoms with Gasteiger partial charge in [0.2, 0.25) is 0 Å². The van der Waals surface area contributed by atoms with Crippen LogP contribution in [0.3, 0.4) is 0 Å². The molecule has 0 aliphatic heterocycles. The molecule has 4 rings (SSSR count). The molecule has 0 saturated heterocycles. The van der Waals surface area contributed by atoms with Crippen molar-refractivity contribution < 1.29 is 25.8 Å². The van der Waals surface area contributed by atoms with E-state index in [1.165, 1.54) is 25.7 Å². The lowest BCUT2D eigenvalue weighted by Crippen LogP contribution is -2.47. The van der Waals surface area contributed by atoms with E-state index in [2.05, 4.69) is 11.1 Å². The van der Waals surface area contributed by atoms with Gasteiger partial charge in [0.1, 0.15) is 5.76 Å². The molecule has 0 amide bonds. The predicted molar refractivity (Wildman–Crippen MR) is 95.8 cm³/mol. The lowest BCUT2D eigenvalue weighted by atomic mass is 9.51. The Bertz CT molecular complexity index is 729. The quantitative estimate of drug-likeness (QED) is 0.441. The minimum Gasteiger partial charge on any atom is -0.380 e. The van der Waals surface area contributed by atoms with E-state index in [9.17, 15) is 21.6 Å². The second-order valence-electron chi connectivity index (χ2n) is 9.68. The number of halogens is 3. The molecule has 7 atom stereocenters. The summed E-state index contributed by atoms with van der Waals surface area (Å²) in [4.78, 5) is 0. The van der Waals surface area contributed by atoms with Crippen LogP contribution in [0.4, 0.5) is 13.2 Å². The van der Waals surface area contributed by atoms with Crippen molar-refractivity contribution in [2.75, 3.05) is 0 Å². The molecule has 0 radical (unpaired) electrons. The van der Waals surface area contributed by atoms with Crippen molar-refractivity contribution >= 4 is 10.1 Å². The molecule has 0 aromatic rings. The summed E-state index contributed by atoms with van der Waals surface area (Å²) >= 11 is 0. The Morgan fingerprint density at radius 1 is 1.07 bits per heavy atom. The van der Waals surface area contributed by atoms with E-state index < -0.39 is 21.0 Å². The van der Waals surface area contributed by atoms with Crippen LogP contribution in [-0.4, -0.2) is 13.9 Å². The van der Waals surface area contributed by atoms with Gasteiger partial charge in [-0.2, -0.15) is 21.6 Å². The summed E-state index contributed by atoms with van der Waals surface area (Å²) in [6.45, 7) is 4.25. The van der Waals surface area contributed by atoms with Gasteiger partial charge in [-0.25, -0.2) is 0 Å². The topological polar surface area (TPSA) is 43.4 Å². The summed E-state index contributed by atoms with van der Waals surface area (Å²) in [6.07, 6.45) is 10.1. The molecule has 7 heteroatoms. The summed E-state index contributed by atoms with van der Waals surface area (Å²) in [7, 11) is -5.59. The van der Waals surface area contributed by atoms with Crippen molar-refractivity contribution in [3.8, 4) is 0 Å². The Hall–Kier alpha value is -0.720. The van der Waals surface area contributed by atoms with Gasteiger partial charge >= 0.3 is 15.6 Å². The normalized spacial score (nSPS) is 44.7. The van der Waals surface area contributed by atoms with Gasteiger partial charge in [-0.15, -0.1) is 0 Å². The lowest BCUT2D eigenvalue weighted by molar-refractivity contribution is -0.0597. The average molecular weight is 407 g/mol. The number of hydrogen-bond acceptors (Lipinski definition) is 3. The number of fused-ring (bicyclic) bond motifs is 4. The third-order valence-corrected chi connectivity index (χ3v) is 9.11. The SMILES string of the molecule is C[C@@H]1CC[C@H]2[C@@H](CC[C@H]3C[C@@]4(C)C(OS(=O)(=O)C(F)(F)F)=CC[C@@H]4C[C@@H]32)C1. The van der Waals surface area contributed by atoms with Crippen molar-refractivity contribution in [1.82, 2.24) is 0 Å². The third kappa shape index (κ3) is 3.22. The zero-order valence-electron chi connectivity index (χ0n) is 16.0. The zero-order chi connectivity index (χ0) is 19.6. The molecule has 3 fully saturated rings. The van der Waals surface area contributed by atoms with E-state index in [1.54, 1.807) is 6.08 Å². The standard InChI is InChI=1S/C20H29F3O3S/c1-12-3-7-16-13(9-12)4-5-14-11-19(2)15(10-17(14)16)6-8-18(19)26-27(24,25)20(21,22)23/h8,12-17H,3-7,9-11H2,1-2H3/t12-,13+,14+,15-,16+,17+,19-/m1/s1. The fourth-order valence-electron chi connectivity index (χ4n) is 6.77. The Morgan fingerprint density at radius 2 is 1.78 bits per heavy atom. The van der Waals surface area contributed by atoms with Crippen LogP contribution in [0.5, 0.6) is 0 Å². The highest BCUT2D eigenvalue weighted by molar-refractivity contribution is 7.87. The fraction of sp³-hybridized carbons (Fsp3) is 0.900. The van der Waals surface area contributed by atoms with Crippen LogP contribution in [0, 0.1) is 40.9 Å². The van der Waals surface area contributed by atoms with E-state index in [-0.39, 0.29) is 11.7 Å². The molecule has 3 saturated carbocycles. The molecule has 0 heterocycles. The summed E-state index contributed by atoms with van der Waals surface area (Å²) in [5.41, 5.74) is -5.97. The van der Waals surface area contributed by atoms with Crippen molar-refractivity contribution in [1.29, 1.82) is 0 Å². The highest BCUT2D eigenvalue weighted by Crippen LogP contribution is 2.62. The Morgan fingerprint density at radius 3 is 2.48 bits per heavy atom. The average Bonchev–Trinajstić information content (AvgIpc) is 2.86. The molecule has 0 unspecified atom stereocenters. The molecule has 0 aromatic heterocycles. The van der Waals surface area contributed by atoms with E-state index >= 15 is 0 Å². The van der Waals surface area contributed by atoms with Crippen LogP contribution in [0.25, 0.3) is 0 Å². The second kappa shape index (κ2) is 6.39. The van der Waals surface area contributed by atoms with Crippen LogP contribution in [0.15, 0.2) is 11.8 Å². The highest BCUT2D eigenvalue weighted by atomic mass is 32.2. The largest absolute Gasteiger partial charge is 0.534 e. The molecular formula is C20H29F3O3S. The molecule has 0 bridgehead atoms. The lowest BCUT2D eigenvalue weighted by Gasteiger charge is -2.54. The maximum Gasteiger partial charge on any atom is 0.534 e. The van der Waals surface area contributed by atoms with Gasteiger partial charge in [0, 0.05) is 5.41 Å². The van der Waals surface area contributed by atoms with Gasteiger partial charge in [-0.3, -0.25) is 0 Å². The predicted octanol–water partition coefficient (Wildman–Crippen LogP) is 5.64. The smallest absolute Gasteiger partial charge is 0.380 e. The molecule has 4 aliphatic rings. The van der Waals surface area contributed by atoms with Crippen LogP contribution >= 0.6 is 0 Å². The molecule has 0 N–H and O–H groups in total. The van der Waals surface area contributed by atoms with Crippen molar-refractivity contribution in [3.63, 3.8) is 0 Å². The minimum absolute atomic E-state index is 0.0302. The molecule has 0 spiro atoms. The first kappa shape index (κ1) is 19.6. The Kier molecular flexibility index (Phi) is 4.64. The number of hydrogen-bond donors (Lipinski definition) is 0. The molecule has 154 valence electrons. The monoisotopic (exact) mass is 406 g/mol. The first-order chi connectivity index (χ1) is 12.5. The Labute approximate surface area is 159 Å². The van der Waals surface area contributed by atoms with Gasteiger partial charge < -0.3 is 4.18 Å². The third-order valence-electron chi connectivity index (χ3n) is 8.14. The fourth-order valence-corrected chi connectivity index (χ4v) is 7.35. The number of rotatable bonds is 2. The molecule has 0 aromatic carbocycles. The van der Waals surface area contributed by atoms with Crippen LogP contribution in [0.2, 0.25) is 0 Å². The maximum atomic E-state index is 12.8. The summed E-state index contributed by atoms with van der Waals surface area (Å²) in [6, 6.07) is 0. The maximum absolute atomic E-state index is 12.8. The summed E-state index contributed by atoms with van der Waals surface area (Å²) in [5, 5.41) is 0. The van der Waals surface area contributed by atoms with Crippen LogP contribution in [0.1, 0.15) is 65.2 Å². The van der Waals surface area contributed by atoms with Gasteiger partial charge in [0.05, 0.1) is 0 Å². The molecule has 27 heavy (non-hydrogen) atoms. The second-order valence-corrected chi connectivity index (χ2v) is 11.2. The molecule has 4 aliphatic carbocycles. The van der Waals surface area contributed by atoms with Gasteiger partial charge in [0.15, 0.2) is 0 Å². The van der Waals surface area contributed by atoms with Crippen molar-refractivity contribution in [2.45, 2.75) is 70.7 Å². The molecule has 3 nitrogen and oxygen atoms in total. The first-order valence-electron chi connectivity index (χ1n) is 10.2. The van der Waals surface area contributed by atoms with E-state index in [0.29, 0.717) is 18.3 Å². The summed E-state index contributed by atoms with van der Waals surface area (Å²) < 4.78 is 66.1. The Balaban J connectivity index is 1.52. The number of allylic oxidation sites excluding steroid dienone is 2. The van der Waals surface area contributed by atoms with Gasteiger partial charge in [0.25, 0.3) is 0 Å². The number of alkyl halides is 3. The zero-order valence-corrected chi connectivity index (χ0v) is 16.8. The molecular weight excluding hydrogens is 377 g/mol. The van der Waals surface area contributed by atoms with E-state index in [1.807, 2.05) is 6.92 Å². The van der Waals surface area contributed by atoms with E-state index in [0.717, 1.165) is 37.0 Å². The van der Waals surface area contributed by atoms with Crippen LogP contribution in [-0.2, 0) is 14.3 Å². The first-order valence-corrected chi connectivity index (χ1v) is 11.6. The van der Waals surface area contributed by atoms with Gasteiger partial charge in [-0.05, 0) is 86.5 Å². The summed E-state index contributed by atoms with van der Waals surface area (Å²) in [5.74, 6) is 3.68. The van der Waals surface area contributed by atoms with Crippen LogP contribution < -0.4 is 0 Å².